The molecule has 9 heteroatoms. The van der Waals surface area contributed by atoms with Gasteiger partial charge in [-0.15, -0.1) is 0 Å². The first-order valence-electron chi connectivity index (χ1n) is 11.4. The van der Waals surface area contributed by atoms with E-state index in [1.165, 1.54) is 20.3 Å². The van der Waals surface area contributed by atoms with Crippen LogP contribution in [0.25, 0.3) is 0 Å². The molecule has 0 aliphatic carbocycles. The van der Waals surface area contributed by atoms with Crippen LogP contribution in [-0.2, 0) is 13.0 Å². The maximum absolute atomic E-state index is 13.7. The number of para-hydroxylation sites is 1. The third kappa shape index (κ3) is 4.53. The number of hydrogen-bond donors (Lipinski definition) is 0. The molecule has 1 aliphatic heterocycles. The predicted octanol–water partition coefficient (Wildman–Crippen LogP) is 2.99. The van der Waals surface area contributed by atoms with Gasteiger partial charge in [0.1, 0.15) is 22.8 Å². The van der Waals surface area contributed by atoms with Gasteiger partial charge in [0.2, 0.25) is 0 Å². The highest BCUT2D eigenvalue weighted by molar-refractivity contribution is 5.99. The molecular weight excluding hydrogens is 450 g/mol. The first-order chi connectivity index (χ1) is 16.9. The SMILES string of the molecule is COc1ccccc1C(=O)N1CCc2c(C(=O)N(C)C(C)c3ccco3)c(OC)cc(=O)n2CC1. The molecule has 2 aromatic heterocycles. The highest BCUT2D eigenvalue weighted by Crippen LogP contribution is 2.28. The average Bonchev–Trinajstić information content (AvgIpc) is 3.33. The van der Waals surface area contributed by atoms with Crippen molar-refractivity contribution in [1.82, 2.24) is 14.4 Å². The Hall–Kier alpha value is -4.01. The van der Waals surface area contributed by atoms with Crippen LogP contribution in [0.15, 0.2) is 57.9 Å². The van der Waals surface area contributed by atoms with Gasteiger partial charge >= 0.3 is 0 Å². The van der Waals surface area contributed by atoms with Gasteiger partial charge in [0.15, 0.2) is 0 Å². The van der Waals surface area contributed by atoms with E-state index in [4.69, 9.17) is 13.9 Å². The fourth-order valence-corrected chi connectivity index (χ4v) is 4.41. The Morgan fingerprint density at radius 2 is 1.77 bits per heavy atom. The van der Waals surface area contributed by atoms with Crippen LogP contribution in [0.5, 0.6) is 11.5 Å². The number of ether oxygens (including phenoxy) is 2. The van der Waals surface area contributed by atoms with Crippen LogP contribution in [0.1, 0.15) is 45.1 Å². The summed E-state index contributed by atoms with van der Waals surface area (Å²) in [6.45, 7) is 2.78. The normalized spacial score (nSPS) is 14.0. The summed E-state index contributed by atoms with van der Waals surface area (Å²) in [5.74, 6) is 0.870. The second-order valence-corrected chi connectivity index (χ2v) is 8.37. The van der Waals surface area contributed by atoms with E-state index in [-0.39, 0.29) is 35.7 Å². The Morgan fingerprint density at radius 3 is 2.46 bits per heavy atom. The van der Waals surface area contributed by atoms with E-state index in [9.17, 15) is 14.4 Å². The minimum atomic E-state index is -0.329. The summed E-state index contributed by atoms with van der Waals surface area (Å²) in [6, 6.07) is 11.6. The molecule has 3 aromatic rings. The lowest BCUT2D eigenvalue weighted by Crippen LogP contribution is -2.34. The second-order valence-electron chi connectivity index (χ2n) is 8.37. The molecule has 3 heterocycles. The number of pyridine rings is 1. The van der Waals surface area contributed by atoms with E-state index in [1.807, 2.05) is 13.0 Å². The summed E-state index contributed by atoms with van der Waals surface area (Å²) in [6.07, 6.45) is 1.88. The van der Waals surface area contributed by atoms with E-state index in [2.05, 4.69) is 0 Å². The van der Waals surface area contributed by atoms with Crippen LogP contribution in [0.2, 0.25) is 0 Å². The minimum absolute atomic E-state index is 0.188. The molecule has 0 saturated carbocycles. The number of benzene rings is 1. The lowest BCUT2D eigenvalue weighted by molar-refractivity contribution is 0.0720. The molecule has 0 radical (unpaired) electrons. The van der Waals surface area contributed by atoms with Crippen LogP contribution in [0.3, 0.4) is 0 Å². The van der Waals surface area contributed by atoms with Crippen LogP contribution < -0.4 is 15.0 Å². The number of methoxy groups -OCH3 is 2. The van der Waals surface area contributed by atoms with E-state index in [0.29, 0.717) is 47.8 Å². The number of furan rings is 1. The lowest BCUT2D eigenvalue weighted by Gasteiger charge is -2.26. The quantitative estimate of drug-likeness (QED) is 0.540. The summed E-state index contributed by atoms with van der Waals surface area (Å²) in [4.78, 5) is 43.1. The van der Waals surface area contributed by atoms with Gasteiger partial charge in [0.05, 0.1) is 32.1 Å². The molecular formula is C26H29N3O6. The zero-order valence-electron chi connectivity index (χ0n) is 20.3. The topological polar surface area (TPSA) is 94.2 Å². The molecule has 1 aromatic carbocycles. The van der Waals surface area contributed by atoms with Crippen molar-refractivity contribution in [2.24, 2.45) is 0 Å². The number of fused-ring (bicyclic) bond motifs is 1. The fourth-order valence-electron chi connectivity index (χ4n) is 4.41. The largest absolute Gasteiger partial charge is 0.496 e. The van der Waals surface area contributed by atoms with Crippen molar-refractivity contribution in [2.45, 2.75) is 25.9 Å². The number of amides is 2. The summed E-state index contributed by atoms with van der Waals surface area (Å²) >= 11 is 0. The summed E-state index contributed by atoms with van der Waals surface area (Å²) in [5.41, 5.74) is 1.05. The van der Waals surface area contributed by atoms with E-state index in [0.717, 1.165) is 0 Å². The molecule has 1 aliphatic rings. The number of carbonyl (C=O) groups is 2. The van der Waals surface area contributed by atoms with Crippen molar-refractivity contribution >= 4 is 11.8 Å². The van der Waals surface area contributed by atoms with Crippen molar-refractivity contribution in [3.05, 3.63) is 81.7 Å². The van der Waals surface area contributed by atoms with Crippen LogP contribution in [-0.4, -0.2) is 60.5 Å². The van der Waals surface area contributed by atoms with Gasteiger partial charge in [0, 0.05) is 44.9 Å². The summed E-state index contributed by atoms with van der Waals surface area (Å²) in [5, 5.41) is 0. The molecule has 4 rings (SSSR count). The molecule has 1 unspecified atom stereocenters. The van der Waals surface area contributed by atoms with E-state index in [1.54, 1.807) is 58.0 Å². The van der Waals surface area contributed by atoms with Gasteiger partial charge in [-0.3, -0.25) is 14.4 Å². The summed E-state index contributed by atoms with van der Waals surface area (Å²) < 4.78 is 17.9. The molecule has 0 N–H and O–H groups in total. The van der Waals surface area contributed by atoms with Crippen molar-refractivity contribution in [3.63, 3.8) is 0 Å². The first kappa shape index (κ1) is 24.1. The number of aromatic nitrogens is 1. The molecule has 184 valence electrons. The Morgan fingerprint density at radius 1 is 1.03 bits per heavy atom. The molecule has 9 nitrogen and oxygen atoms in total. The van der Waals surface area contributed by atoms with Crippen LogP contribution >= 0.6 is 0 Å². The molecule has 0 saturated heterocycles. The van der Waals surface area contributed by atoms with Gasteiger partial charge in [-0.05, 0) is 31.2 Å². The number of nitrogens with zero attached hydrogens (tertiary/aromatic N) is 3. The Balaban J connectivity index is 1.68. The van der Waals surface area contributed by atoms with Gasteiger partial charge in [-0.25, -0.2) is 0 Å². The van der Waals surface area contributed by atoms with Crippen molar-refractivity contribution in [2.75, 3.05) is 34.4 Å². The lowest BCUT2D eigenvalue weighted by atomic mass is 10.1. The van der Waals surface area contributed by atoms with E-state index >= 15 is 0 Å². The van der Waals surface area contributed by atoms with Crippen LogP contribution in [0.4, 0.5) is 0 Å². The smallest absolute Gasteiger partial charge is 0.259 e. The maximum Gasteiger partial charge on any atom is 0.259 e. The summed E-state index contributed by atoms with van der Waals surface area (Å²) in [7, 11) is 4.65. The van der Waals surface area contributed by atoms with Gasteiger partial charge in [-0.2, -0.15) is 0 Å². The first-order valence-corrected chi connectivity index (χ1v) is 11.4. The monoisotopic (exact) mass is 479 g/mol. The predicted molar refractivity (Wildman–Crippen MR) is 129 cm³/mol. The standard InChI is InChI=1S/C26H29N3O6/c1-17(20-10-7-15-35-20)27(2)26(32)24-19-11-12-28(13-14-29(19)23(30)16-22(24)34-4)25(31)18-8-5-6-9-21(18)33-3/h5-10,15-17H,11-14H2,1-4H3. The van der Waals surface area contributed by atoms with Gasteiger partial charge in [-0.1, -0.05) is 12.1 Å². The third-order valence-electron chi connectivity index (χ3n) is 6.51. The minimum Gasteiger partial charge on any atom is -0.496 e. The van der Waals surface area contributed by atoms with Gasteiger partial charge < -0.3 is 28.3 Å². The highest BCUT2D eigenvalue weighted by Gasteiger charge is 2.31. The third-order valence-corrected chi connectivity index (χ3v) is 6.51. The zero-order chi connectivity index (χ0) is 25.1. The average molecular weight is 480 g/mol. The molecule has 0 bridgehead atoms. The number of carbonyl (C=O) groups excluding carboxylic acids is 2. The second kappa shape index (κ2) is 10.1. The van der Waals surface area contributed by atoms with Crippen LogP contribution in [0, 0.1) is 0 Å². The molecule has 1 atom stereocenters. The van der Waals surface area contributed by atoms with Crippen molar-refractivity contribution in [3.8, 4) is 11.5 Å². The van der Waals surface area contributed by atoms with Crippen molar-refractivity contribution < 1.29 is 23.5 Å². The molecule has 0 spiro atoms. The highest BCUT2D eigenvalue weighted by atomic mass is 16.5. The molecule has 0 fully saturated rings. The number of rotatable bonds is 6. The number of hydrogen-bond acceptors (Lipinski definition) is 6. The zero-order valence-corrected chi connectivity index (χ0v) is 20.3. The Labute approximate surface area is 203 Å². The maximum atomic E-state index is 13.7. The fraction of sp³-hybridized carbons (Fsp3) is 0.346. The molecule has 2 amide bonds. The van der Waals surface area contributed by atoms with Gasteiger partial charge in [0.25, 0.3) is 17.4 Å². The van der Waals surface area contributed by atoms with Crippen molar-refractivity contribution in [1.29, 1.82) is 0 Å². The van der Waals surface area contributed by atoms with E-state index < -0.39 is 0 Å². The Bertz CT molecular complexity index is 1280. The Kier molecular flexibility index (Phi) is 6.95. The molecule has 35 heavy (non-hydrogen) atoms.